The van der Waals surface area contributed by atoms with E-state index in [-0.39, 0.29) is 16.9 Å². The number of hydrogen-bond acceptors (Lipinski definition) is 6. The van der Waals surface area contributed by atoms with Crippen molar-refractivity contribution in [2.24, 2.45) is 0 Å². The second-order valence-electron chi connectivity index (χ2n) is 7.73. The molecule has 1 N–H and O–H groups in total. The standard InChI is InChI=1S/C20H29N3O5S/c24-20(21-15-16-4-3-11-28-16)18-14-17(5-6-19(18)22-7-1-2-8-22)29(25,26)23-9-12-27-13-10-23/h5-6,14,16H,1-4,7-13,15H2,(H,21,24)/t16-/m0/s1. The van der Waals surface area contributed by atoms with Gasteiger partial charge in [0.25, 0.3) is 5.91 Å². The molecule has 0 aromatic heterocycles. The number of benzene rings is 1. The van der Waals surface area contributed by atoms with Gasteiger partial charge in [0.05, 0.1) is 29.8 Å². The summed E-state index contributed by atoms with van der Waals surface area (Å²) in [6, 6.07) is 4.93. The Balaban J connectivity index is 1.60. The summed E-state index contributed by atoms with van der Waals surface area (Å²) >= 11 is 0. The van der Waals surface area contributed by atoms with E-state index in [0.29, 0.717) is 38.4 Å². The minimum Gasteiger partial charge on any atom is -0.379 e. The summed E-state index contributed by atoms with van der Waals surface area (Å²) in [5, 5.41) is 2.94. The van der Waals surface area contributed by atoms with Crippen molar-refractivity contribution in [2.75, 3.05) is 57.4 Å². The van der Waals surface area contributed by atoms with Crippen molar-refractivity contribution in [3.05, 3.63) is 23.8 Å². The number of ether oxygens (including phenoxy) is 2. The van der Waals surface area contributed by atoms with Gasteiger partial charge in [-0.15, -0.1) is 0 Å². The average molecular weight is 424 g/mol. The van der Waals surface area contributed by atoms with E-state index >= 15 is 0 Å². The molecule has 0 unspecified atom stereocenters. The number of morpholine rings is 1. The van der Waals surface area contributed by atoms with Gasteiger partial charge in [0, 0.05) is 45.0 Å². The minimum atomic E-state index is -3.66. The summed E-state index contributed by atoms with van der Waals surface area (Å²) < 4.78 is 38.4. The fourth-order valence-corrected chi connectivity index (χ4v) is 5.57. The fourth-order valence-electron chi connectivity index (χ4n) is 4.13. The van der Waals surface area contributed by atoms with Crippen LogP contribution in [0.1, 0.15) is 36.0 Å². The van der Waals surface area contributed by atoms with Crippen molar-refractivity contribution in [3.63, 3.8) is 0 Å². The third kappa shape index (κ3) is 4.58. The van der Waals surface area contributed by atoms with Gasteiger partial charge in [-0.3, -0.25) is 4.79 Å². The number of nitrogens with one attached hydrogen (secondary N) is 1. The van der Waals surface area contributed by atoms with E-state index in [1.807, 2.05) is 0 Å². The zero-order chi connectivity index (χ0) is 20.3. The van der Waals surface area contributed by atoms with Crippen molar-refractivity contribution < 1.29 is 22.7 Å². The summed E-state index contributed by atoms with van der Waals surface area (Å²) in [5.74, 6) is -0.249. The number of carbonyl (C=O) groups excluding carboxylic acids is 1. The van der Waals surface area contributed by atoms with Crippen molar-refractivity contribution in [2.45, 2.75) is 36.7 Å². The predicted octanol–water partition coefficient (Wildman–Crippen LogP) is 1.22. The molecule has 1 aromatic rings. The van der Waals surface area contributed by atoms with E-state index < -0.39 is 10.0 Å². The molecule has 4 rings (SSSR count). The van der Waals surface area contributed by atoms with Crippen LogP contribution in [0.3, 0.4) is 0 Å². The van der Waals surface area contributed by atoms with Crippen molar-refractivity contribution >= 4 is 21.6 Å². The summed E-state index contributed by atoms with van der Waals surface area (Å²) in [6.07, 6.45) is 4.13. The van der Waals surface area contributed by atoms with Crippen molar-refractivity contribution in [1.82, 2.24) is 9.62 Å². The summed E-state index contributed by atoms with van der Waals surface area (Å²) in [4.78, 5) is 15.3. The third-order valence-corrected chi connectivity index (χ3v) is 7.68. The lowest BCUT2D eigenvalue weighted by molar-refractivity contribution is 0.0730. The van der Waals surface area contributed by atoms with Gasteiger partial charge >= 0.3 is 0 Å². The molecule has 0 aliphatic carbocycles. The largest absolute Gasteiger partial charge is 0.379 e. The van der Waals surface area contributed by atoms with Crippen LogP contribution in [-0.4, -0.2) is 77.3 Å². The van der Waals surface area contributed by atoms with E-state index in [1.54, 1.807) is 12.1 Å². The highest BCUT2D eigenvalue weighted by Gasteiger charge is 2.29. The number of hydrogen-bond donors (Lipinski definition) is 1. The molecule has 160 valence electrons. The van der Waals surface area contributed by atoms with Gasteiger partial charge in [0.15, 0.2) is 0 Å². The molecule has 8 nitrogen and oxygen atoms in total. The molecule has 0 saturated carbocycles. The zero-order valence-electron chi connectivity index (χ0n) is 16.6. The number of amides is 1. The lowest BCUT2D eigenvalue weighted by Gasteiger charge is -2.27. The SMILES string of the molecule is O=C(NC[C@@H]1CCCO1)c1cc(S(=O)(=O)N2CCOCC2)ccc1N1CCCC1. The number of rotatable bonds is 6. The van der Waals surface area contributed by atoms with Crippen LogP contribution in [0.5, 0.6) is 0 Å². The van der Waals surface area contributed by atoms with Gasteiger partial charge in [-0.25, -0.2) is 8.42 Å². The Morgan fingerprint density at radius 1 is 1.07 bits per heavy atom. The fraction of sp³-hybridized carbons (Fsp3) is 0.650. The Hall–Kier alpha value is -1.68. The Morgan fingerprint density at radius 3 is 2.52 bits per heavy atom. The van der Waals surface area contributed by atoms with Crippen LogP contribution in [0.25, 0.3) is 0 Å². The summed E-state index contributed by atoms with van der Waals surface area (Å²) in [6.45, 7) is 4.36. The Kier molecular flexibility index (Phi) is 6.38. The molecule has 3 heterocycles. The van der Waals surface area contributed by atoms with Crippen LogP contribution < -0.4 is 10.2 Å². The molecule has 3 fully saturated rings. The van der Waals surface area contributed by atoms with Crippen molar-refractivity contribution in [1.29, 1.82) is 0 Å². The normalized spacial score (nSPS) is 23.4. The van der Waals surface area contributed by atoms with Crippen LogP contribution in [0.2, 0.25) is 0 Å². The number of anilines is 1. The first-order chi connectivity index (χ1) is 14.1. The van der Waals surface area contributed by atoms with E-state index in [2.05, 4.69) is 10.2 Å². The minimum absolute atomic E-state index is 0.0365. The zero-order valence-corrected chi connectivity index (χ0v) is 17.5. The van der Waals surface area contributed by atoms with E-state index in [0.717, 1.165) is 51.1 Å². The average Bonchev–Trinajstić information content (AvgIpc) is 3.46. The van der Waals surface area contributed by atoms with Gasteiger partial charge in [0.1, 0.15) is 0 Å². The predicted molar refractivity (Wildman–Crippen MR) is 109 cm³/mol. The molecular formula is C20H29N3O5S. The Bertz CT molecular complexity index is 827. The lowest BCUT2D eigenvalue weighted by Crippen LogP contribution is -2.40. The first kappa shape index (κ1) is 20.6. The molecule has 3 aliphatic heterocycles. The quantitative estimate of drug-likeness (QED) is 0.740. The molecule has 9 heteroatoms. The maximum atomic E-state index is 13.1. The molecular weight excluding hydrogens is 394 g/mol. The number of nitrogens with zero attached hydrogens (tertiary/aromatic N) is 2. The molecule has 0 spiro atoms. The highest BCUT2D eigenvalue weighted by Crippen LogP contribution is 2.29. The van der Waals surface area contributed by atoms with E-state index in [4.69, 9.17) is 9.47 Å². The highest BCUT2D eigenvalue weighted by molar-refractivity contribution is 7.89. The van der Waals surface area contributed by atoms with Gasteiger partial charge < -0.3 is 19.7 Å². The molecule has 0 bridgehead atoms. The highest BCUT2D eigenvalue weighted by atomic mass is 32.2. The van der Waals surface area contributed by atoms with Crippen LogP contribution in [0.15, 0.2) is 23.1 Å². The third-order valence-electron chi connectivity index (χ3n) is 5.78. The van der Waals surface area contributed by atoms with Crippen LogP contribution >= 0.6 is 0 Å². The van der Waals surface area contributed by atoms with Gasteiger partial charge in [-0.1, -0.05) is 0 Å². The first-order valence-corrected chi connectivity index (χ1v) is 11.9. The van der Waals surface area contributed by atoms with Crippen molar-refractivity contribution in [3.8, 4) is 0 Å². The molecule has 29 heavy (non-hydrogen) atoms. The second kappa shape index (κ2) is 8.99. The van der Waals surface area contributed by atoms with Crippen LogP contribution in [0, 0.1) is 0 Å². The maximum Gasteiger partial charge on any atom is 0.253 e. The molecule has 0 radical (unpaired) electrons. The number of carbonyl (C=O) groups is 1. The monoisotopic (exact) mass is 423 g/mol. The lowest BCUT2D eigenvalue weighted by atomic mass is 10.1. The number of sulfonamides is 1. The van der Waals surface area contributed by atoms with Gasteiger partial charge in [-0.2, -0.15) is 4.31 Å². The molecule has 3 aliphatic rings. The maximum absolute atomic E-state index is 13.1. The van der Waals surface area contributed by atoms with Crippen LogP contribution in [0.4, 0.5) is 5.69 Å². The topological polar surface area (TPSA) is 88.2 Å². The molecule has 1 atom stereocenters. The second-order valence-corrected chi connectivity index (χ2v) is 9.67. The van der Waals surface area contributed by atoms with Crippen LogP contribution in [-0.2, 0) is 19.5 Å². The Morgan fingerprint density at radius 2 is 1.83 bits per heavy atom. The molecule has 1 aromatic carbocycles. The van der Waals surface area contributed by atoms with Gasteiger partial charge in [-0.05, 0) is 43.9 Å². The summed E-state index contributed by atoms with van der Waals surface area (Å²) in [7, 11) is -3.66. The Labute approximate surface area is 172 Å². The summed E-state index contributed by atoms with van der Waals surface area (Å²) in [5.41, 5.74) is 1.22. The molecule has 1 amide bonds. The van der Waals surface area contributed by atoms with Gasteiger partial charge in [0.2, 0.25) is 10.0 Å². The first-order valence-electron chi connectivity index (χ1n) is 10.4. The molecule has 3 saturated heterocycles. The van der Waals surface area contributed by atoms with E-state index in [9.17, 15) is 13.2 Å². The van der Waals surface area contributed by atoms with E-state index in [1.165, 1.54) is 10.4 Å². The smallest absolute Gasteiger partial charge is 0.253 e.